The van der Waals surface area contributed by atoms with E-state index in [-0.39, 0.29) is 0 Å². The molecule has 0 fully saturated rings. The van der Waals surface area contributed by atoms with Crippen molar-refractivity contribution in [2.24, 2.45) is 0 Å². The van der Waals surface area contributed by atoms with Gasteiger partial charge >= 0.3 is 0 Å². The quantitative estimate of drug-likeness (QED) is 0.166. The molecule has 0 saturated heterocycles. The summed E-state index contributed by atoms with van der Waals surface area (Å²) in [4.78, 5) is 13.0. The highest BCUT2D eigenvalue weighted by Gasteiger charge is 2.21. The van der Waals surface area contributed by atoms with E-state index in [0.29, 0.717) is 0 Å². The first kappa shape index (κ1) is 29.8. The van der Waals surface area contributed by atoms with Crippen LogP contribution in [0.15, 0.2) is 192 Å². The van der Waals surface area contributed by atoms with Crippen molar-refractivity contribution in [1.29, 1.82) is 0 Å². The van der Waals surface area contributed by atoms with Gasteiger partial charge in [0.1, 0.15) is 11.2 Å². The van der Waals surface area contributed by atoms with Gasteiger partial charge in [0.2, 0.25) is 0 Å². The van der Waals surface area contributed by atoms with Gasteiger partial charge in [-0.1, -0.05) is 133 Å². The van der Waals surface area contributed by atoms with Gasteiger partial charge in [-0.2, -0.15) is 0 Å². The van der Waals surface area contributed by atoms with E-state index in [2.05, 4.69) is 157 Å². The molecule has 2 aromatic heterocycles. The maximum Gasteiger partial charge on any atom is 0.138 e. The van der Waals surface area contributed by atoms with Gasteiger partial charge in [0.25, 0.3) is 0 Å². The summed E-state index contributed by atoms with van der Waals surface area (Å²) in [6, 6.07) is 65.4. The topological polar surface area (TPSA) is 42.2 Å². The molecule has 0 radical (unpaired) electrons. The first-order valence-electron chi connectivity index (χ1n) is 17.5. The van der Waals surface area contributed by atoms with Gasteiger partial charge in [-0.15, -0.1) is 0 Å². The fourth-order valence-corrected chi connectivity index (χ4v) is 7.40. The Labute approximate surface area is 300 Å². The van der Waals surface area contributed by atoms with Crippen LogP contribution in [0, 0.1) is 0 Å². The van der Waals surface area contributed by atoms with Crippen molar-refractivity contribution in [2.75, 3.05) is 4.90 Å². The molecule has 8 aromatic carbocycles. The molecular weight excluding hydrogens is 635 g/mol. The third-order valence-corrected chi connectivity index (χ3v) is 9.81. The molecule has 0 spiro atoms. The molecule has 0 aliphatic carbocycles. The molecule has 0 aliphatic heterocycles. The van der Waals surface area contributed by atoms with E-state index < -0.39 is 0 Å². The van der Waals surface area contributed by atoms with Crippen LogP contribution in [0.4, 0.5) is 17.1 Å². The van der Waals surface area contributed by atoms with Crippen LogP contribution < -0.4 is 4.90 Å². The standard InChI is InChI=1S/C48H31N3O/c1-5-15-33(16-6-1)46-47(34-17-7-2-8-18-34)50-48-41-29-35(26-25-32(41)27-28-42(48)49-46)40-30-38(31-44-45(40)39-23-13-14-24-43(39)52-44)51(36-19-9-3-10-20-36)37-21-11-4-12-22-37/h1-31H. The molecule has 2 heterocycles. The van der Waals surface area contributed by atoms with Gasteiger partial charge in [0.05, 0.1) is 28.1 Å². The Kier molecular flexibility index (Phi) is 7.10. The van der Waals surface area contributed by atoms with Gasteiger partial charge < -0.3 is 9.32 Å². The molecule has 0 aliphatic rings. The third-order valence-electron chi connectivity index (χ3n) is 9.81. The molecule has 244 valence electrons. The predicted octanol–water partition coefficient (Wildman–Crippen LogP) is 13.2. The number of nitrogens with zero attached hydrogens (tertiary/aromatic N) is 3. The van der Waals surface area contributed by atoms with E-state index in [9.17, 15) is 0 Å². The number of furan rings is 1. The van der Waals surface area contributed by atoms with Crippen molar-refractivity contribution >= 4 is 60.8 Å². The maximum atomic E-state index is 6.61. The van der Waals surface area contributed by atoms with Crippen molar-refractivity contribution in [1.82, 2.24) is 9.97 Å². The van der Waals surface area contributed by atoms with E-state index in [0.717, 1.165) is 94.4 Å². The Morgan fingerprint density at radius 3 is 1.65 bits per heavy atom. The monoisotopic (exact) mass is 665 g/mol. The number of anilines is 3. The Hall–Kier alpha value is -7.04. The number of para-hydroxylation sites is 3. The molecular formula is C48H31N3O. The highest BCUT2D eigenvalue weighted by molar-refractivity contribution is 6.15. The van der Waals surface area contributed by atoms with E-state index in [4.69, 9.17) is 14.4 Å². The van der Waals surface area contributed by atoms with Gasteiger partial charge in [0, 0.05) is 44.7 Å². The van der Waals surface area contributed by atoms with Crippen molar-refractivity contribution in [3.05, 3.63) is 188 Å². The molecule has 4 heteroatoms. The maximum absolute atomic E-state index is 6.61. The average molecular weight is 666 g/mol. The Morgan fingerprint density at radius 2 is 0.981 bits per heavy atom. The van der Waals surface area contributed by atoms with Crippen LogP contribution in [-0.4, -0.2) is 9.97 Å². The minimum Gasteiger partial charge on any atom is -0.456 e. The van der Waals surface area contributed by atoms with Crippen molar-refractivity contribution < 1.29 is 4.42 Å². The summed E-state index contributed by atoms with van der Waals surface area (Å²) < 4.78 is 6.61. The first-order chi connectivity index (χ1) is 25.8. The lowest BCUT2D eigenvalue weighted by Gasteiger charge is -2.26. The molecule has 0 N–H and O–H groups in total. The molecule has 0 atom stereocenters. The second-order valence-corrected chi connectivity index (χ2v) is 13.0. The normalized spacial score (nSPS) is 11.5. The molecule has 0 saturated carbocycles. The number of aromatic nitrogens is 2. The molecule has 0 unspecified atom stereocenters. The van der Waals surface area contributed by atoms with E-state index in [1.165, 1.54) is 0 Å². The number of hydrogen-bond acceptors (Lipinski definition) is 4. The van der Waals surface area contributed by atoms with Crippen molar-refractivity contribution in [3.63, 3.8) is 0 Å². The lowest BCUT2D eigenvalue weighted by molar-refractivity contribution is 0.669. The summed E-state index contributed by atoms with van der Waals surface area (Å²) in [5.74, 6) is 0. The van der Waals surface area contributed by atoms with Crippen LogP contribution in [0.1, 0.15) is 0 Å². The van der Waals surface area contributed by atoms with Crippen molar-refractivity contribution in [3.8, 4) is 33.6 Å². The van der Waals surface area contributed by atoms with E-state index in [1.54, 1.807) is 0 Å². The van der Waals surface area contributed by atoms with Crippen LogP contribution >= 0.6 is 0 Å². The Balaban J connectivity index is 1.24. The Morgan fingerprint density at radius 1 is 0.404 bits per heavy atom. The highest BCUT2D eigenvalue weighted by atomic mass is 16.3. The van der Waals surface area contributed by atoms with Crippen LogP contribution in [0.3, 0.4) is 0 Å². The first-order valence-corrected chi connectivity index (χ1v) is 17.5. The molecule has 4 nitrogen and oxygen atoms in total. The van der Waals surface area contributed by atoms with Crippen LogP contribution in [0.2, 0.25) is 0 Å². The van der Waals surface area contributed by atoms with Crippen LogP contribution in [0.5, 0.6) is 0 Å². The zero-order valence-electron chi connectivity index (χ0n) is 28.1. The fraction of sp³-hybridized carbons (Fsp3) is 0. The van der Waals surface area contributed by atoms with Crippen LogP contribution in [0.25, 0.3) is 77.4 Å². The lowest BCUT2D eigenvalue weighted by Crippen LogP contribution is -2.09. The summed E-state index contributed by atoms with van der Waals surface area (Å²) >= 11 is 0. The SMILES string of the molecule is c1ccc(-c2nc3ccc4ccc(-c5cc(N(c6ccccc6)c6ccccc6)cc6oc7ccccc7c56)cc4c3nc2-c2ccccc2)cc1. The molecule has 52 heavy (non-hydrogen) atoms. The predicted molar refractivity (Wildman–Crippen MR) is 215 cm³/mol. The number of benzene rings is 8. The van der Waals surface area contributed by atoms with E-state index >= 15 is 0 Å². The average Bonchev–Trinajstić information content (AvgIpc) is 3.60. The third kappa shape index (κ3) is 5.09. The van der Waals surface area contributed by atoms with E-state index in [1.807, 2.05) is 36.4 Å². The summed E-state index contributed by atoms with van der Waals surface area (Å²) in [6.45, 7) is 0. The van der Waals surface area contributed by atoms with Gasteiger partial charge in [0.15, 0.2) is 0 Å². The summed E-state index contributed by atoms with van der Waals surface area (Å²) in [6.07, 6.45) is 0. The number of fused-ring (bicyclic) bond motifs is 6. The second kappa shape index (κ2) is 12.4. The molecule has 0 bridgehead atoms. The zero-order chi connectivity index (χ0) is 34.4. The largest absolute Gasteiger partial charge is 0.456 e. The van der Waals surface area contributed by atoms with Gasteiger partial charge in [-0.05, 0) is 65.0 Å². The Bertz CT molecular complexity index is 2850. The molecule has 10 rings (SSSR count). The number of hydrogen-bond donors (Lipinski definition) is 0. The minimum absolute atomic E-state index is 0.835. The lowest BCUT2D eigenvalue weighted by atomic mass is 9.95. The van der Waals surface area contributed by atoms with Crippen LogP contribution in [-0.2, 0) is 0 Å². The van der Waals surface area contributed by atoms with Crippen molar-refractivity contribution in [2.45, 2.75) is 0 Å². The molecule has 10 aromatic rings. The zero-order valence-corrected chi connectivity index (χ0v) is 28.1. The highest BCUT2D eigenvalue weighted by Crippen LogP contribution is 2.44. The fourth-order valence-electron chi connectivity index (χ4n) is 7.40. The second-order valence-electron chi connectivity index (χ2n) is 13.0. The van der Waals surface area contributed by atoms with Gasteiger partial charge in [-0.25, -0.2) is 9.97 Å². The summed E-state index contributed by atoms with van der Waals surface area (Å²) in [7, 11) is 0. The summed E-state index contributed by atoms with van der Waals surface area (Å²) in [5.41, 5.74) is 12.5. The smallest absolute Gasteiger partial charge is 0.138 e. The van der Waals surface area contributed by atoms with Gasteiger partial charge in [-0.3, -0.25) is 0 Å². The number of rotatable bonds is 6. The summed E-state index contributed by atoms with van der Waals surface area (Å²) in [5, 5.41) is 4.33. The molecule has 0 amide bonds. The minimum atomic E-state index is 0.835.